The Bertz CT molecular complexity index is 465. The summed E-state index contributed by atoms with van der Waals surface area (Å²) in [4.78, 5) is 15.4. The maximum absolute atomic E-state index is 11.5. The number of aromatic amines is 1. The molecule has 16 heavy (non-hydrogen) atoms. The summed E-state index contributed by atoms with van der Waals surface area (Å²) >= 11 is 1.24. The molecule has 2 rings (SSSR count). The van der Waals surface area contributed by atoms with Crippen molar-refractivity contribution in [1.29, 1.82) is 0 Å². The van der Waals surface area contributed by atoms with Crippen LogP contribution in [0.25, 0.3) is 0 Å². The maximum Gasteiger partial charge on any atom is 0.270 e. The van der Waals surface area contributed by atoms with E-state index in [1.165, 1.54) is 11.3 Å². The van der Waals surface area contributed by atoms with Crippen molar-refractivity contribution >= 4 is 22.4 Å². The number of aromatic nitrogens is 4. The topological polar surface area (TPSA) is 110 Å². The zero-order valence-corrected chi connectivity index (χ0v) is 9.12. The smallest absolute Gasteiger partial charge is 0.270 e. The number of hydrogen-bond donors (Lipinski definition) is 3. The molecule has 0 aromatic carbocycles. The molecule has 0 aliphatic rings. The number of nitrogens with two attached hydrogens (primary N) is 1. The fourth-order valence-corrected chi connectivity index (χ4v) is 1.68. The van der Waals surface area contributed by atoms with E-state index in [4.69, 9.17) is 5.73 Å². The van der Waals surface area contributed by atoms with E-state index >= 15 is 0 Å². The lowest BCUT2D eigenvalue weighted by Crippen LogP contribution is -2.26. The first-order valence-corrected chi connectivity index (χ1v) is 5.47. The highest BCUT2D eigenvalue weighted by Gasteiger charge is 2.08. The summed E-state index contributed by atoms with van der Waals surface area (Å²) in [5.74, 6) is -0.226. The maximum atomic E-state index is 11.5. The standard InChI is InChI=1S/C8H10N6OS/c9-8-12-6(4-16-8)7(15)10-2-1-5-3-11-14-13-5/h3-4H,1-2H2,(H2,9,12)(H,10,15)(H,11,13,14). The Morgan fingerprint density at radius 3 is 3.12 bits per heavy atom. The minimum atomic E-state index is -0.226. The number of anilines is 1. The van der Waals surface area contributed by atoms with Crippen LogP contribution in [0.3, 0.4) is 0 Å². The van der Waals surface area contributed by atoms with Crippen molar-refractivity contribution < 1.29 is 4.79 Å². The highest BCUT2D eigenvalue weighted by molar-refractivity contribution is 7.13. The van der Waals surface area contributed by atoms with Crippen molar-refractivity contribution in [2.45, 2.75) is 6.42 Å². The first-order valence-electron chi connectivity index (χ1n) is 4.59. The van der Waals surface area contributed by atoms with Crippen LogP contribution in [0.1, 0.15) is 16.2 Å². The van der Waals surface area contributed by atoms with Gasteiger partial charge in [0.2, 0.25) is 0 Å². The number of thiazole rings is 1. The lowest BCUT2D eigenvalue weighted by atomic mass is 10.3. The van der Waals surface area contributed by atoms with Crippen LogP contribution in [0.4, 0.5) is 5.13 Å². The second-order valence-corrected chi connectivity index (χ2v) is 3.93. The number of carbonyl (C=O) groups excluding carboxylic acids is 1. The lowest BCUT2D eigenvalue weighted by molar-refractivity contribution is 0.0950. The zero-order valence-electron chi connectivity index (χ0n) is 8.30. The van der Waals surface area contributed by atoms with Gasteiger partial charge in [-0.15, -0.1) is 11.3 Å². The van der Waals surface area contributed by atoms with Gasteiger partial charge in [0.1, 0.15) is 5.69 Å². The van der Waals surface area contributed by atoms with Gasteiger partial charge in [0.15, 0.2) is 5.13 Å². The van der Waals surface area contributed by atoms with Crippen LogP contribution in [-0.4, -0.2) is 32.8 Å². The lowest BCUT2D eigenvalue weighted by Gasteiger charge is -2.00. The molecule has 0 unspecified atom stereocenters. The third-order valence-electron chi connectivity index (χ3n) is 1.89. The molecule has 0 aliphatic heterocycles. The molecule has 4 N–H and O–H groups in total. The quantitative estimate of drug-likeness (QED) is 0.684. The fraction of sp³-hybridized carbons (Fsp3) is 0.250. The van der Waals surface area contributed by atoms with Gasteiger partial charge < -0.3 is 11.1 Å². The van der Waals surface area contributed by atoms with Gasteiger partial charge >= 0.3 is 0 Å². The van der Waals surface area contributed by atoms with Gasteiger partial charge in [0.05, 0.1) is 11.9 Å². The molecule has 2 aromatic rings. The molecule has 0 atom stereocenters. The SMILES string of the molecule is Nc1nc(C(=O)NCCc2cn[nH]n2)cs1. The summed E-state index contributed by atoms with van der Waals surface area (Å²) in [6.45, 7) is 0.489. The number of nitrogen functional groups attached to an aromatic ring is 1. The van der Waals surface area contributed by atoms with E-state index in [0.717, 1.165) is 5.69 Å². The normalized spacial score (nSPS) is 10.2. The van der Waals surface area contributed by atoms with Crippen LogP contribution in [0.15, 0.2) is 11.6 Å². The predicted molar refractivity (Wildman–Crippen MR) is 58.9 cm³/mol. The average Bonchev–Trinajstić information content (AvgIpc) is 2.89. The summed E-state index contributed by atoms with van der Waals surface area (Å²) in [5, 5.41) is 14.8. The first kappa shape index (κ1) is 10.6. The van der Waals surface area contributed by atoms with Crippen LogP contribution >= 0.6 is 11.3 Å². The summed E-state index contributed by atoms with van der Waals surface area (Å²) in [5.41, 5.74) is 6.58. The third-order valence-corrected chi connectivity index (χ3v) is 2.56. The molecule has 8 heteroatoms. The van der Waals surface area contributed by atoms with Gasteiger partial charge in [-0.2, -0.15) is 15.4 Å². The van der Waals surface area contributed by atoms with Gasteiger partial charge in [-0.1, -0.05) is 0 Å². The van der Waals surface area contributed by atoms with Crippen molar-refractivity contribution in [2.24, 2.45) is 0 Å². The van der Waals surface area contributed by atoms with Crippen LogP contribution in [-0.2, 0) is 6.42 Å². The molecule has 0 spiro atoms. The molecule has 0 radical (unpaired) electrons. The Morgan fingerprint density at radius 1 is 1.62 bits per heavy atom. The Kier molecular flexibility index (Phi) is 3.10. The highest BCUT2D eigenvalue weighted by Crippen LogP contribution is 2.10. The van der Waals surface area contributed by atoms with E-state index in [-0.39, 0.29) is 5.91 Å². The number of H-pyrrole nitrogens is 1. The van der Waals surface area contributed by atoms with Crippen molar-refractivity contribution in [1.82, 2.24) is 25.7 Å². The van der Waals surface area contributed by atoms with E-state index in [2.05, 4.69) is 25.7 Å². The fourth-order valence-electron chi connectivity index (χ4n) is 1.13. The second-order valence-electron chi connectivity index (χ2n) is 3.04. The van der Waals surface area contributed by atoms with Crippen LogP contribution in [0, 0.1) is 0 Å². The molecule has 1 amide bonds. The Morgan fingerprint density at radius 2 is 2.50 bits per heavy atom. The number of amides is 1. The van der Waals surface area contributed by atoms with E-state index in [9.17, 15) is 4.79 Å². The number of rotatable bonds is 4. The van der Waals surface area contributed by atoms with Crippen molar-refractivity contribution in [3.05, 3.63) is 23.0 Å². The van der Waals surface area contributed by atoms with E-state index < -0.39 is 0 Å². The van der Waals surface area contributed by atoms with E-state index in [1.54, 1.807) is 11.6 Å². The second kappa shape index (κ2) is 4.71. The average molecular weight is 238 g/mol. The highest BCUT2D eigenvalue weighted by atomic mass is 32.1. The monoisotopic (exact) mass is 238 g/mol. The van der Waals surface area contributed by atoms with Crippen molar-refractivity contribution in [3.63, 3.8) is 0 Å². The molecular formula is C8H10N6OS. The molecule has 0 saturated heterocycles. The van der Waals surface area contributed by atoms with Crippen LogP contribution in [0.2, 0.25) is 0 Å². The van der Waals surface area contributed by atoms with Crippen LogP contribution < -0.4 is 11.1 Å². The summed E-state index contributed by atoms with van der Waals surface area (Å²) in [6.07, 6.45) is 2.24. The van der Waals surface area contributed by atoms with Gasteiger partial charge in [0, 0.05) is 18.3 Å². The molecular weight excluding hydrogens is 228 g/mol. The number of nitrogens with zero attached hydrogens (tertiary/aromatic N) is 3. The summed E-state index contributed by atoms with van der Waals surface area (Å²) in [6, 6.07) is 0. The van der Waals surface area contributed by atoms with Gasteiger partial charge in [-0.25, -0.2) is 4.98 Å². The molecule has 0 aliphatic carbocycles. The van der Waals surface area contributed by atoms with Gasteiger partial charge in [-0.3, -0.25) is 4.79 Å². The summed E-state index contributed by atoms with van der Waals surface area (Å²) < 4.78 is 0. The van der Waals surface area contributed by atoms with Gasteiger partial charge in [-0.05, 0) is 0 Å². The minimum absolute atomic E-state index is 0.226. The van der Waals surface area contributed by atoms with E-state index in [1.807, 2.05) is 0 Å². The largest absolute Gasteiger partial charge is 0.375 e. The summed E-state index contributed by atoms with van der Waals surface area (Å²) in [7, 11) is 0. The first-order chi connectivity index (χ1) is 7.75. The predicted octanol–water partition coefficient (Wildman–Crippen LogP) is -0.184. The molecule has 0 fully saturated rings. The Hall–Kier alpha value is -1.96. The Labute approximate surface area is 95.1 Å². The molecule has 2 heterocycles. The number of nitrogens with one attached hydrogen (secondary N) is 2. The molecule has 84 valence electrons. The Balaban J connectivity index is 1.80. The molecule has 0 saturated carbocycles. The molecule has 0 bridgehead atoms. The van der Waals surface area contributed by atoms with E-state index in [0.29, 0.717) is 23.8 Å². The van der Waals surface area contributed by atoms with Crippen molar-refractivity contribution in [3.8, 4) is 0 Å². The molecule has 2 aromatic heterocycles. The zero-order chi connectivity index (χ0) is 11.4. The number of carbonyl (C=O) groups is 1. The van der Waals surface area contributed by atoms with Gasteiger partial charge in [0.25, 0.3) is 5.91 Å². The third kappa shape index (κ3) is 2.54. The van der Waals surface area contributed by atoms with Crippen molar-refractivity contribution in [2.75, 3.05) is 12.3 Å². The van der Waals surface area contributed by atoms with Crippen LogP contribution in [0.5, 0.6) is 0 Å². The number of hydrogen-bond acceptors (Lipinski definition) is 6. The molecule has 7 nitrogen and oxygen atoms in total. The minimum Gasteiger partial charge on any atom is -0.375 e.